The van der Waals surface area contributed by atoms with Crippen LogP contribution in [0.5, 0.6) is 0 Å². The highest BCUT2D eigenvalue weighted by atomic mass is 16.7. The van der Waals surface area contributed by atoms with Gasteiger partial charge in [-0.15, -0.1) is 0 Å². The smallest absolute Gasteiger partial charge is 0.172 e. The summed E-state index contributed by atoms with van der Waals surface area (Å²) in [5.41, 5.74) is 3.42. The molecule has 2 saturated heterocycles. The minimum absolute atomic E-state index is 0.0848. The number of ketones is 1. The van der Waals surface area contributed by atoms with E-state index in [0.717, 1.165) is 77.8 Å². The quantitative estimate of drug-likeness (QED) is 0.331. The first-order valence-corrected chi connectivity index (χ1v) is 14.7. The Kier molecular flexibility index (Phi) is 6.76. The van der Waals surface area contributed by atoms with Crippen molar-refractivity contribution in [2.45, 2.75) is 96.9 Å². The predicted molar refractivity (Wildman–Crippen MR) is 138 cm³/mol. The highest BCUT2D eigenvalue weighted by molar-refractivity contribution is 5.82. The Morgan fingerprint density at radius 2 is 1.86 bits per heavy atom. The van der Waals surface area contributed by atoms with Crippen LogP contribution in [0.1, 0.15) is 85.0 Å². The molecule has 0 amide bonds. The molecule has 2 saturated carbocycles. The summed E-state index contributed by atoms with van der Waals surface area (Å²) in [7, 11) is 0. The van der Waals surface area contributed by atoms with Gasteiger partial charge in [0.05, 0.1) is 19.3 Å². The van der Waals surface area contributed by atoms with E-state index in [2.05, 4.69) is 32.9 Å². The summed E-state index contributed by atoms with van der Waals surface area (Å²) in [6.07, 6.45) is 15.3. The van der Waals surface area contributed by atoms with E-state index in [1.165, 1.54) is 12.0 Å². The van der Waals surface area contributed by atoms with Gasteiger partial charge < -0.3 is 18.9 Å². The topological polar surface area (TPSA) is 54.0 Å². The SMILES string of the molecule is C[C@@H]1C[C@H]2[C@@H]3CC=C4CC5(CC[C@]4(C)C3=CC[C@]2(C)[C@H]1C(=O)CCCOC1CCOCC1)OCCO5. The Labute approximate surface area is 217 Å². The van der Waals surface area contributed by atoms with E-state index in [-0.39, 0.29) is 22.5 Å². The van der Waals surface area contributed by atoms with Gasteiger partial charge in [-0.3, -0.25) is 4.79 Å². The monoisotopic (exact) mass is 498 g/mol. The third-order valence-electron chi connectivity index (χ3n) is 11.1. The maximum absolute atomic E-state index is 13.6. The van der Waals surface area contributed by atoms with Crippen molar-refractivity contribution in [3.8, 4) is 0 Å². The molecule has 2 aliphatic heterocycles. The molecule has 5 heteroatoms. The zero-order chi connectivity index (χ0) is 25.0. The van der Waals surface area contributed by atoms with Crippen LogP contribution in [-0.4, -0.2) is 50.7 Å². The second-order valence-electron chi connectivity index (χ2n) is 13.1. The minimum Gasteiger partial charge on any atom is -0.381 e. The van der Waals surface area contributed by atoms with Gasteiger partial charge >= 0.3 is 0 Å². The Morgan fingerprint density at radius 1 is 1.08 bits per heavy atom. The zero-order valence-electron chi connectivity index (χ0n) is 22.7. The van der Waals surface area contributed by atoms with Gasteiger partial charge in [0.1, 0.15) is 5.78 Å². The van der Waals surface area contributed by atoms with Crippen LogP contribution in [-0.2, 0) is 23.7 Å². The maximum Gasteiger partial charge on any atom is 0.172 e. The normalized spacial score (nSPS) is 41.9. The standard InChI is InChI=1S/C31H46O5/c1-21-19-26-24-7-6-22-20-31(35-17-18-36-31)13-12-29(22,2)25(24)8-11-30(26,3)28(21)27(32)5-4-14-34-23-9-15-33-16-10-23/h6,8,21,23-24,26,28H,4-5,7,9-20H2,1-3H3/t21-,24-,26+,28-,29+,30+/m1/s1. The fraction of sp³-hybridized carbons (Fsp3) is 0.839. The Morgan fingerprint density at radius 3 is 2.64 bits per heavy atom. The second-order valence-corrected chi connectivity index (χ2v) is 13.1. The summed E-state index contributed by atoms with van der Waals surface area (Å²) in [5, 5.41) is 0. The third kappa shape index (κ3) is 4.17. The van der Waals surface area contributed by atoms with Crippen LogP contribution < -0.4 is 0 Å². The first kappa shape index (κ1) is 25.3. The summed E-state index contributed by atoms with van der Waals surface area (Å²) >= 11 is 0. The number of allylic oxidation sites excluding steroid dienone is 3. The van der Waals surface area contributed by atoms with Crippen molar-refractivity contribution in [1.82, 2.24) is 0 Å². The third-order valence-corrected chi connectivity index (χ3v) is 11.1. The number of hydrogen-bond acceptors (Lipinski definition) is 5. The van der Waals surface area contributed by atoms with Crippen molar-refractivity contribution in [3.63, 3.8) is 0 Å². The molecule has 200 valence electrons. The maximum atomic E-state index is 13.6. The molecule has 4 fully saturated rings. The molecule has 0 radical (unpaired) electrons. The summed E-state index contributed by atoms with van der Waals surface area (Å²) in [4.78, 5) is 13.6. The molecule has 1 spiro atoms. The van der Waals surface area contributed by atoms with E-state index < -0.39 is 0 Å². The van der Waals surface area contributed by atoms with Crippen LogP contribution in [0.2, 0.25) is 0 Å². The average molecular weight is 499 g/mol. The van der Waals surface area contributed by atoms with E-state index in [0.29, 0.717) is 42.7 Å². The van der Waals surface area contributed by atoms with E-state index in [1.807, 2.05) is 0 Å². The van der Waals surface area contributed by atoms with Crippen molar-refractivity contribution in [3.05, 3.63) is 23.3 Å². The fourth-order valence-electron chi connectivity index (χ4n) is 9.21. The molecule has 5 nitrogen and oxygen atoms in total. The molecule has 6 aliphatic rings. The lowest BCUT2D eigenvalue weighted by atomic mass is 9.51. The average Bonchev–Trinajstić information content (AvgIpc) is 3.44. The fourth-order valence-corrected chi connectivity index (χ4v) is 9.21. The lowest BCUT2D eigenvalue weighted by molar-refractivity contribution is -0.175. The molecule has 0 aromatic rings. The zero-order valence-corrected chi connectivity index (χ0v) is 22.7. The van der Waals surface area contributed by atoms with Gasteiger partial charge in [-0.25, -0.2) is 0 Å². The summed E-state index contributed by atoms with van der Waals surface area (Å²) < 4.78 is 23.7. The van der Waals surface area contributed by atoms with Crippen LogP contribution in [0.25, 0.3) is 0 Å². The summed E-state index contributed by atoms with van der Waals surface area (Å²) in [6, 6.07) is 0. The predicted octanol–water partition coefficient (Wildman–Crippen LogP) is 6.02. The van der Waals surface area contributed by atoms with E-state index in [4.69, 9.17) is 18.9 Å². The summed E-state index contributed by atoms with van der Waals surface area (Å²) in [6.45, 7) is 11.0. The van der Waals surface area contributed by atoms with Gasteiger partial charge in [-0.05, 0) is 68.1 Å². The Hall–Kier alpha value is -1.01. The lowest BCUT2D eigenvalue weighted by Crippen LogP contribution is -2.48. The highest BCUT2D eigenvalue weighted by Gasteiger charge is 2.60. The van der Waals surface area contributed by atoms with Gasteiger partial charge in [0.15, 0.2) is 5.79 Å². The van der Waals surface area contributed by atoms with Crippen molar-refractivity contribution >= 4 is 5.78 Å². The number of hydrogen-bond donors (Lipinski definition) is 0. The molecule has 6 atom stereocenters. The Balaban J connectivity index is 1.13. The Bertz CT molecular complexity index is 910. The van der Waals surface area contributed by atoms with Gasteiger partial charge in [0.2, 0.25) is 0 Å². The van der Waals surface area contributed by atoms with Gasteiger partial charge in [-0.2, -0.15) is 0 Å². The number of ether oxygens (including phenoxy) is 4. The molecule has 2 heterocycles. The number of rotatable bonds is 6. The number of carbonyl (C=O) groups is 1. The van der Waals surface area contributed by atoms with Crippen LogP contribution in [0.4, 0.5) is 0 Å². The minimum atomic E-state index is -0.365. The second kappa shape index (κ2) is 9.63. The van der Waals surface area contributed by atoms with E-state index >= 15 is 0 Å². The molecule has 36 heavy (non-hydrogen) atoms. The molecular formula is C31H46O5. The van der Waals surface area contributed by atoms with E-state index in [9.17, 15) is 4.79 Å². The lowest BCUT2D eigenvalue weighted by Gasteiger charge is -2.54. The summed E-state index contributed by atoms with van der Waals surface area (Å²) in [5.74, 6) is 1.93. The van der Waals surface area contributed by atoms with Crippen molar-refractivity contribution in [1.29, 1.82) is 0 Å². The van der Waals surface area contributed by atoms with Crippen LogP contribution >= 0.6 is 0 Å². The first-order chi connectivity index (χ1) is 17.3. The molecule has 0 unspecified atom stereocenters. The number of carbonyl (C=O) groups excluding carboxylic acids is 1. The molecule has 0 N–H and O–H groups in total. The van der Waals surface area contributed by atoms with Gasteiger partial charge in [-0.1, -0.05) is 44.1 Å². The molecule has 0 bridgehead atoms. The molecule has 0 aromatic carbocycles. The first-order valence-electron chi connectivity index (χ1n) is 14.7. The number of fused-ring (bicyclic) bond motifs is 5. The number of Topliss-reactive ketones (excluding diaryl/α,β-unsaturated/α-hetero) is 1. The highest BCUT2D eigenvalue weighted by Crippen LogP contribution is 2.66. The van der Waals surface area contributed by atoms with Crippen molar-refractivity contribution in [2.24, 2.45) is 34.5 Å². The van der Waals surface area contributed by atoms with Crippen molar-refractivity contribution in [2.75, 3.05) is 33.0 Å². The molecular weight excluding hydrogens is 452 g/mol. The van der Waals surface area contributed by atoms with Crippen LogP contribution in [0, 0.1) is 34.5 Å². The molecule has 4 aliphatic carbocycles. The molecule has 6 rings (SSSR count). The van der Waals surface area contributed by atoms with Gasteiger partial charge in [0, 0.05) is 50.4 Å². The molecule has 0 aromatic heterocycles. The largest absolute Gasteiger partial charge is 0.381 e. The van der Waals surface area contributed by atoms with E-state index in [1.54, 1.807) is 5.57 Å². The van der Waals surface area contributed by atoms with Crippen LogP contribution in [0.15, 0.2) is 23.3 Å². The van der Waals surface area contributed by atoms with Crippen LogP contribution in [0.3, 0.4) is 0 Å². The van der Waals surface area contributed by atoms with Gasteiger partial charge in [0.25, 0.3) is 0 Å². The van der Waals surface area contributed by atoms with Crippen molar-refractivity contribution < 1.29 is 23.7 Å².